The molecule has 1 saturated carbocycles. The molecule has 1 aliphatic carbocycles. The monoisotopic (exact) mass is 1270 g/mol. The largest absolute Gasteiger partial charge is 0.487 e. The normalized spacial score (nSPS) is 18.1. The van der Waals surface area contributed by atoms with Crippen molar-refractivity contribution in [1.29, 1.82) is 0 Å². The van der Waals surface area contributed by atoms with Crippen molar-refractivity contribution in [2.45, 2.75) is 123 Å². The minimum absolute atomic E-state index is 0. The summed E-state index contributed by atoms with van der Waals surface area (Å²) in [6.45, 7) is 11.3. The number of Topliss-reactive ketones (excluding diaryl/α,β-unsaturated/α-hetero) is 1. The number of ether oxygens (including phenoxy) is 5. The number of carbonyl (C=O) groups is 4. The smallest absolute Gasteiger partial charge is 0.246 e. The zero-order chi connectivity index (χ0) is 60.2. The molecule has 3 atom stereocenters. The molecule has 466 valence electrons. The highest BCUT2D eigenvalue weighted by Gasteiger charge is 2.45. The number of anilines is 2. The maximum atomic E-state index is 14.7. The van der Waals surface area contributed by atoms with E-state index >= 15 is 0 Å². The Morgan fingerprint density at radius 1 is 0.907 bits per heavy atom. The van der Waals surface area contributed by atoms with Crippen LogP contribution in [-0.2, 0) is 64.2 Å². The lowest BCUT2D eigenvalue weighted by molar-refractivity contribution is -0.144. The van der Waals surface area contributed by atoms with Crippen LogP contribution in [0.25, 0.3) is 10.4 Å². The molecule has 21 nitrogen and oxygen atoms in total. The Kier molecular flexibility index (Phi) is 26.1. The van der Waals surface area contributed by atoms with Crippen LogP contribution >= 0.6 is 46.7 Å². The summed E-state index contributed by atoms with van der Waals surface area (Å²) in [7, 11) is 0. The van der Waals surface area contributed by atoms with Gasteiger partial charge in [0.15, 0.2) is 16.7 Å². The van der Waals surface area contributed by atoms with Gasteiger partial charge in [-0.1, -0.05) is 74.0 Å². The van der Waals surface area contributed by atoms with Crippen molar-refractivity contribution in [2.75, 3.05) is 71.2 Å². The lowest BCUT2D eigenvalue weighted by Gasteiger charge is -2.39. The van der Waals surface area contributed by atoms with Gasteiger partial charge in [0.25, 0.3) is 0 Å². The van der Waals surface area contributed by atoms with Gasteiger partial charge in [-0.2, -0.15) is 0 Å². The van der Waals surface area contributed by atoms with E-state index < -0.39 is 46.6 Å². The van der Waals surface area contributed by atoms with Gasteiger partial charge < -0.3 is 55.0 Å². The quantitative estimate of drug-likeness (QED) is 0.0244. The minimum Gasteiger partial charge on any atom is -0.487 e. The maximum Gasteiger partial charge on any atom is 0.246 e. The standard InChI is InChI=1S/C60H77ClFN11O10S2.ClH/c1-40-54(85-39-66-40)42-15-13-41(14-16-42)34-65-56(77)48-32-45(74)36-73(48)57(78)55(59(2,3)4)69-52(76)38-81-26-22-63-21-24-72-35-44(70-71-72)37-82-30-29-80-28-27-79-25-7-11-50(75)60(33-43-8-5-12-51(67-43)68-58-64-23-31-84-58)19-17-46(18-20-60)83-49-10-6-9-47(61)53(49)62;/h5-6,8-10,12-16,23,31,35,39,45-46,48,55,63,74H,7,11,17-22,24-30,32-34,36-38H2,1-4H3,(H,65,77)(H,69,76)(H,64,67,68);1H/t45-,46?,48+,55-,60?;/m1./s1. The van der Waals surface area contributed by atoms with Gasteiger partial charge >= 0.3 is 0 Å². The number of β-amino-alcohol motifs (C(OH)–C–C–N with tert-alkyl or cyclic N) is 1. The van der Waals surface area contributed by atoms with E-state index in [9.17, 15) is 28.7 Å². The number of aryl methyl sites for hydroxylation is 1. The molecule has 6 aromatic rings. The molecule has 1 saturated heterocycles. The van der Waals surface area contributed by atoms with E-state index in [4.69, 9.17) is 40.3 Å². The van der Waals surface area contributed by atoms with Crippen molar-refractivity contribution < 1.29 is 52.4 Å². The zero-order valence-electron chi connectivity index (χ0n) is 49.0. The predicted octanol–water partition coefficient (Wildman–Crippen LogP) is 8.08. The first kappa shape index (κ1) is 67.4. The summed E-state index contributed by atoms with van der Waals surface area (Å²) in [5, 5.41) is 33.8. The van der Waals surface area contributed by atoms with E-state index in [1.54, 1.807) is 40.5 Å². The number of aliphatic hydroxyl groups excluding tert-OH is 1. The molecule has 4 aromatic heterocycles. The molecule has 2 aliphatic rings. The van der Waals surface area contributed by atoms with Crippen molar-refractivity contribution in [2.24, 2.45) is 10.8 Å². The molecule has 86 heavy (non-hydrogen) atoms. The molecule has 0 spiro atoms. The van der Waals surface area contributed by atoms with Gasteiger partial charge in [0.05, 0.1) is 85.7 Å². The first-order valence-electron chi connectivity index (χ1n) is 28.8. The first-order valence-corrected chi connectivity index (χ1v) is 30.9. The number of pyridine rings is 1. The molecular weight excluding hydrogens is 1190 g/mol. The molecule has 1 aliphatic heterocycles. The van der Waals surface area contributed by atoms with Crippen molar-refractivity contribution in [3.8, 4) is 16.2 Å². The molecule has 5 heterocycles. The van der Waals surface area contributed by atoms with Crippen LogP contribution in [0.5, 0.6) is 5.75 Å². The van der Waals surface area contributed by atoms with Crippen molar-refractivity contribution >= 4 is 81.1 Å². The van der Waals surface area contributed by atoms with Crippen molar-refractivity contribution in [3.05, 3.63) is 117 Å². The number of aliphatic hydroxyl groups is 1. The third-order valence-electron chi connectivity index (χ3n) is 14.8. The van der Waals surface area contributed by atoms with Crippen LogP contribution in [-0.4, -0.2) is 154 Å². The Bertz CT molecular complexity index is 3090. The molecule has 5 N–H and O–H groups in total. The van der Waals surface area contributed by atoms with E-state index in [1.165, 1.54) is 22.3 Å². The van der Waals surface area contributed by atoms with Crippen LogP contribution in [0, 0.1) is 23.6 Å². The van der Waals surface area contributed by atoms with Crippen molar-refractivity contribution in [3.63, 3.8) is 0 Å². The average Bonchev–Trinajstić information content (AvgIpc) is 2.70. The summed E-state index contributed by atoms with van der Waals surface area (Å²) in [6.07, 6.45) is 6.16. The van der Waals surface area contributed by atoms with Gasteiger partial charge in [-0.15, -0.1) is 40.2 Å². The summed E-state index contributed by atoms with van der Waals surface area (Å²) >= 11 is 9.05. The number of carbonyl (C=O) groups excluding carboxylic acids is 4. The average molecular weight is 1270 g/mol. The number of hydrogen-bond acceptors (Lipinski definition) is 19. The van der Waals surface area contributed by atoms with Gasteiger partial charge in [0, 0.05) is 74.7 Å². The zero-order valence-corrected chi connectivity index (χ0v) is 52.2. The molecule has 2 aromatic carbocycles. The summed E-state index contributed by atoms with van der Waals surface area (Å²) in [5.74, 6) is -0.957. The van der Waals surface area contributed by atoms with E-state index in [0.29, 0.717) is 109 Å². The molecule has 2 fully saturated rings. The first-order chi connectivity index (χ1) is 41.0. The number of halogens is 3. The molecule has 26 heteroatoms. The Hall–Kier alpha value is -6.06. The molecule has 0 unspecified atom stereocenters. The summed E-state index contributed by atoms with van der Waals surface area (Å²) in [6, 6.07) is 16.4. The number of likely N-dealkylation sites (tertiary alicyclic amines) is 1. The Balaban J connectivity index is 0.0000106. The SMILES string of the molecule is Cc1ncsc1-c1ccc(CNC(=O)[C@@H]2C[C@@H](O)CN2C(=O)[C@@H](NC(=O)COCCNCCn2cc(COCCOCCOCCCC(=O)C3(Cc4cccc(Nc5nccs5)n4)CCC(Oc4cccc(Cl)c4F)CC3)nn2)C(C)(C)C)cc1.Cl. The molecule has 3 amide bonds. The highest BCUT2D eigenvalue weighted by atomic mass is 35.5. The number of hydrogen-bond donors (Lipinski definition) is 5. The van der Waals surface area contributed by atoms with Gasteiger partial charge in [-0.3, -0.25) is 23.9 Å². The van der Waals surface area contributed by atoms with E-state index in [1.807, 2.05) is 81.1 Å². The van der Waals surface area contributed by atoms with Gasteiger partial charge in [-0.25, -0.2) is 19.3 Å². The number of ketones is 1. The lowest BCUT2D eigenvalue weighted by Crippen LogP contribution is -2.58. The van der Waals surface area contributed by atoms with Crippen LogP contribution in [0.4, 0.5) is 15.3 Å². The highest BCUT2D eigenvalue weighted by molar-refractivity contribution is 7.13. The second-order valence-corrected chi connectivity index (χ2v) is 24.5. The third-order valence-corrected chi connectivity index (χ3v) is 16.8. The highest BCUT2D eigenvalue weighted by Crippen LogP contribution is 2.43. The molecule has 8 rings (SSSR count). The lowest BCUT2D eigenvalue weighted by atomic mass is 9.66. The van der Waals surface area contributed by atoms with E-state index in [0.717, 1.165) is 32.5 Å². The van der Waals surface area contributed by atoms with Crippen LogP contribution in [0.3, 0.4) is 0 Å². The number of nitrogens with zero attached hydrogens (tertiary/aromatic N) is 7. The molecule has 0 radical (unpaired) electrons. The van der Waals surface area contributed by atoms with Gasteiger partial charge in [-0.05, 0) is 79.8 Å². The molecular formula is C60H78Cl2FN11O10S2. The fraction of sp³-hybridized carbons (Fsp3) is 0.517. The molecule has 0 bridgehead atoms. The number of aromatic nitrogens is 6. The predicted molar refractivity (Wildman–Crippen MR) is 328 cm³/mol. The van der Waals surface area contributed by atoms with E-state index in [-0.39, 0.29) is 80.3 Å². The summed E-state index contributed by atoms with van der Waals surface area (Å²) in [5.41, 5.74) is 4.81. The van der Waals surface area contributed by atoms with Crippen molar-refractivity contribution in [1.82, 2.24) is 50.8 Å². The second-order valence-electron chi connectivity index (χ2n) is 22.3. The van der Waals surface area contributed by atoms with E-state index in [2.05, 4.69) is 41.5 Å². The number of benzene rings is 2. The van der Waals surface area contributed by atoms with Gasteiger partial charge in [0.2, 0.25) is 17.7 Å². The summed E-state index contributed by atoms with van der Waals surface area (Å²) in [4.78, 5) is 70.6. The number of nitrogens with one attached hydrogen (secondary N) is 4. The third kappa shape index (κ3) is 20.0. The number of thiazole rings is 2. The number of amides is 3. The fourth-order valence-electron chi connectivity index (χ4n) is 10.3. The minimum atomic E-state index is -0.971. The van der Waals surface area contributed by atoms with Crippen LogP contribution in [0.1, 0.15) is 88.4 Å². The summed E-state index contributed by atoms with van der Waals surface area (Å²) < 4.78 is 45.4. The maximum absolute atomic E-state index is 14.7. The Labute approximate surface area is 520 Å². The topological polar surface area (TPSA) is 255 Å². The van der Waals surface area contributed by atoms with Crippen LogP contribution in [0.15, 0.2) is 83.9 Å². The van der Waals surface area contributed by atoms with Gasteiger partial charge in [0.1, 0.15) is 36.0 Å². The van der Waals surface area contributed by atoms with Crippen LogP contribution < -0.4 is 26.0 Å². The fourth-order valence-corrected chi connectivity index (χ4v) is 11.8. The Morgan fingerprint density at radius 3 is 2.40 bits per heavy atom. The van der Waals surface area contributed by atoms with Crippen LogP contribution in [0.2, 0.25) is 5.02 Å². The Morgan fingerprint density at radius 2 is 1.66 bits per heavy atom. The second kappa shape index (κ2) is 33.3. The number of rotatable bonds is 33.